The normalized spacial score (nSPS) is 50.6. The third-order valence-corrected chi connectivity index (χ3v) is 5.28. The highest BCUT2D eigenvalue weighted by Gasteiger charge is 2.58. The minimum absolute atomic E-state index is 0.00139. The Bertz CT molecular complexity index is 420. The minimum Gasteiger partial charge on any atom is -0.299 e. The molecule has 4 rings (SSSR count). The summed E-state index contributed by atoms with van der Waals surface area (Å²) in [5.41, 5.74) is 0. The number of fused-ring (bicyclic) bond motifs is 6. The molecule has 2 nitrogen and oxygen atoms in total. The van der Waals surface area contributed by atoms with Crippen LogP contribution in [0, 0.1) is 35.5 Å². The number of Topliss-reactive ketones (excluding diaryl/α,β-unsaturated/α-hetero) is 2. The third kappa shape index (κ3) is 1.11. The van der Waals surface area contributed by atoms with Gasteiger partial charge in [0.15, 0.2) is 0 Å². The Balaban J connectivity index is 1.78. The van der Waals surface area contributed by atoms with Gasteiger partial charge in [-0.2, -0.15) is 0 Å². The Labute approximate surface area is 101 Å². The molecule has 4 aliphatic carbocycles. The molecule has 2 bridgehead atoms. The molecule has 0 radical (unpaired) electrons. The second kappa shape index (κ2) is 3.18. The van der Waals surface area contributed by atoms with Crippen molar-refractivity contribution in [2.24, 2.45) is 35.5 Å². The molecule has 0 spiro atoms. The van der Waals surface area contributed by atoms with Crippen LogP contribution in [0.15, 0.2) is 24.3 Å². The fourth-order valence-electron chi connectivity index (χ4n) is 4.54. The van der Waals surface area contributed by atoms with Crippen molar-refractivity contribution in [3.8, 4) is 0 Å². The van der Waals surface area contributed by atoms with Gasteiger partial charge >= 0.3 is 0 Å². The van der Waals surface area contributed by atoms with Gasteiger partial charge in [0.1, 0.15) is 11.6 Å². The van der Waals surface area contributed by atoms with E-state index in [1.54, 1.807) is 0 Å². The number of carbonyl (C=O) groups is 2. The maximum absolute atomic E-state index is 12.6. The number of rotatable bonds is 0. The minimum atomic E-state index is 0.00139. The van der Waals surface area contributed by atoms with E-state index in [-0.39, 0.29) is 23.7 Å². The summed E-state index contributed by atoms with van der Waals surface area (Å²) in [5, 5.41) is 0. The van der Waals surface area contributed by atoms with Crippen LogP contribution in [0.1, 0.15) is 19.3 Å². The van der Waals surface area contributed by atoms with E-state index < -0.39 is 0 Å². The molecule has 0 aliphatic heterocycles. The molecule has 0 N–H and O–H groups in total. The van der Waals surface area contributed by atoms with Crippen molar-refractivity contribution in [3.05, 3.63) is 24.3 Å². The topological polar surface area (TPSA) is 34.1 Å². The monoisotopic (exact) mass is 228 g/mol. The molecule has 0 aromatic heterocycles. The Morgan fingerprint density at radius 3 is 1.76 bits per heavy atom. The average Bonchev–Trinajstić information content (AvgIpc) is 2.96. The van der Waals surface area contributed by atoms with Crippen molar-refractivity contribution in [3.63, 3.8) is 0 Å². The largest absolute Gasteiger partial charge is 0.299 e. The zero-order chi connectivity index (χ0) is 11.6. The highest BCUT2D eigenvalue weighted by Crippen LogP contribution is 2.54. The van der Waals surface area contributed by atoms with Crippen LogP contribution < -0.4 is 0 Å². The SMILES string of the molecule is O=C1C2CC=CCC2C(=O)C2C3C=CC(C3)C12. The molecular formula is C15H16O2. The van der Waals surface area contributed by atoms with Crippen molar-refractivity contribution in [1.82, 2.24) is 0 Å². The molecule has 6 atom stereocenters. The lowest BCUT2D eigenvalue weighted by Crippen LogP contribution is -2.49. The molecule has 2 heteroatoms. The summed E-state index contributed by atoms with van der Waals surface area (Å²) in [4.78, 5) is 25.1. The van der Waals surface area contributed by atoms with E-state index in [2.05, 4.69) is 24.3 Å². The third-order valence-electron chi connectivity index (χ3n) is 5.28. The van der Waals surface area contributed by atoms with Crippen molar-refractivity contribution in [2.75, 3.05) is 0 Å². The van der Waals surface area contributed by atoms with Gasteiger partial charge in [-0.05, 0) is 31.1 Å². The molecule has 0 aromatic rings. The van der Waals surface area contributed by atoms with Gasteiger partial charge < -0.3 is 0 Å². The fraction of sp³-hybridized carbons (Fsp3) is 0.600. The van der Waals surface area contributed by atoms with Crippen molar-refractivity contribution >= 4 is 11.6 Å². The van der Waals surface area contributed by atoms with Crippen LogP contribution in [0.5, 0.6) is 0 Å². The van der Waals surface area contributed by atoms with Gasteiger partial charge in [-0.1, -0.05) is 24.3 Å². The highest BCUT2D eigenvalue weighted by molar-refractivity contribution is 6.01. The van der Waals surface area contributed by atoms with Gasteiger partial charge in [0.05, 0.1) is 0 Å². The Hall–Kier alpha value is -1.18. The zero-order valence-electron chi connectivity index (χ0n) is 9.71. The summed E-state index contributed by atoms with van der Waals surface area (Å²) in [6, 6.07) is 0. The van der Waals surface area contributed by atoms with E-state index in [4.69, 9.17) is 0 Å². The maximum atomic E-state index is 12.6. The zero-order valence-corrected chi connectivity index (χ0v) is 9.71. The van der Waals surface area contributed by atoms with E-state index in [0.29, 0.717) is 23.4 Å². The first-order valence-corrected chi connectivity index (χ1v) is 6.68. The fourth-order valence-corrected chi connectivity index (χ4v) is 4.54. The molecular weight excluding hydrogens is 212 g/mol. The number of ketones is 2. The Morgan fingerprint density at radius 2 is 1.29 bits per heavy atom. The van der Waals surface area contributed by atoms with E-state index in [9.17, 15) is 9.59 Å². The number of allylic oxidation sites excluding steroid dienone is 4. The lowest BCUT2D eigenvalue weighted by molar-refractivity contribution is -0.147. The van der Waals surface area contributed by atoms with Gasteiger partial charge in [0.25, 0.3) is 0 Å². The summed E-state index contributed by atoms with van der Waals surface area (Å²) in [6.45, 7) is 0. The van der Waals surface area contributed by atoms with Crippen molar-refractivity contribution in [1.29, 1.82) is 0 Å². The second-order valence-corrected chi connectivity index (χ2v) is 5.96. The lowest BCUT2D eigenvalue weighted by atomic mass is 9.60. The van der Waals surface area contributed by atoms with Crippen LogP contribution in [-0.2, 0) is 9.59 Å². The molecule has 2 fully saturated rings. The molecule has 2 saturated carbocycles. The first-order valence-electron chi connectivity index (χ1n) is 6.68. The molecule has 0 heterocycles. The predicted molar refractivity (Wildman–Crippen MR) is 63.1 cm³/mol. The quantitative estimate of drug-likeness (QED) is 0.595. The summed E-state index contributed by atoms with van der Waals surface area (Å²) in [6.07, 6.45) is 11.1. The number of hydrogen-bond donors (Lipinski definition) is 0. The highest BCUT2D eigenvalue weighted by atomic mass is 16.1. The maximum Gasteiger partial charge on any atom is 0.141 e. The average molecular weight is 228 g/mol. The molecule has 0 aromatic carbocycles. The van der Waals surface area contributed by atoms with Gasteiger partial charge in [0.2, 0.25) is 0 Å². The second-order valence-electron chi connectivity index (χ2n) is 5.96. The predicted octanol–water partition coefficient (Wildman–Crippen LogP) is 2.16. The standard InChI is InChI=1S/C15H16O2/c16-14-10-3-1-2-4-11(10)15(17)13-9-6-5-8(7-9)12(13)14/h1-2,5-6,8-13H,3-4,7H2. The van der Waals surface area contributed by atoms with Crippen LogP contribution in [0.3, 0.4) is 0 Å². The summed E-state index contributed by atoms with van der Waals surface area (Å²) < 4.78 is 0. The molecule has 4 aliphatic rings. The van der Waals surface area contributed by atoms with E-state index in [1.807, 2.05) is 0 Å². The van der Waals surface area contributed by atoms with Crippen LogP contribution in [0.2, 0.25) is 0 Å². The van der Waals surface area contributed by atoms with E-state index in [0.717, 1.165) is 19.3 Å². The number of carbonyl (C=O) groups excluding carboxylic acids is 2. The van der Waals surface area contributed by atoms with Crippen LogP contribution >= 0.6 is 0 Å². The summed E-state index contributed by atoms with van der Waals surface area (Å²) in [7, 11) is 0. The smallest absolute Gasteiger partial charge is 0.141 e. The molecule has 0 saturated heterocycles. The lowest BCUT2D eigenvalue weighted by Gasteiger charge is -2.40. The Morgan fingerprint density at radius 1 is 0.824 bits per heavy atom. The van der Waals surface area contributed by atoms with Crippen molar-refractivity contribution in [2.45, 2.75) is 19.3 Å². The van der Waals surface area contributed by atoms with Gasteiger partial charge in [0, 0.05) is 23.7 Å². The van der Waals surface area contributed by atoms with Gasteiger partial charge in [-0.3, -0.25) is 9.59 Å². The van der Waals surface area contributed by atoms with Crippen LogP contribution in [-0.4, -0.2) is 11.6 Å². The summed E-state index contributed by atoms with van der Waals surface area (Å²) >= 11 is 0. The summed E-state index contributed by atoms with van der Waals surface area (Å²) in [5.74, 6) is 1.58. The van der Waals surface area contributed by atoms with Crippen LogP contribution in [0.4, 0.5) is 0 Å². The molecule has 17 heavy (non-hydrogen) atoms. The van der Waals surface area contributed by atoms with Crippen molar-refractivity contribution < 1.29 is 9.59 Å². The van der Waals surface area contributed by atoms with Crippen LogP contribution in [0.25, 0.3) is 0 Å². The first kappa shape index (κ1) is 9.81. The van der Waals surface area contributed by atoms with Gasteiger partial charge in [-0.25, -0.2) is 0 Å². The molecule has 6 unspecified atom stereocenters. The first-order chi connectivity index (χ1) is 8.27. The molecule has 0 amide bonds. The van der Waals surface area contributed by atoms with Gasteiger partial charge in [-0.15, -0.1) is 0 Å². The van der Waals surface area contributed by atoms with E-state index >= 15 is 0 Å². The Kier molecular flexibility index (Phi) is 1.84. The number of hydrogen-bond acceptors (Lipinski definition) is 2. The molecule has 88 valence electrons. The van der Waals surface area contributed by atoms with E-state index in [1.165, 1.54) is 0 Å².